The van der Waals surface area contributed by atoms with Crippen molar-refractivity contribution in [1.29, 1.82) is 0 Å². The van der Waals surface area contributed by atoms with Crippen molar-refractivity contribution in [1.82, 2.24) is 4.98 Å². The summed E-state index contributed by atoms with van der Waals surface area (Å²) in [5.74, 6) is -1.34. The van der Waals surface area contributed by atoms with Crippen LogP contribution in [0.3, 0.4) is 0 Å². The van der Waals surface area contributed by atoms with Crippen molar-refractivity contribution in [3.05, 3.63) is 23.0 Å². The second kappa shape index (κ2) is 4.18. The Morgan fingerprint density at radius 2 is 2.20 bits per heavy atom. The van der Waals surface area contributed by atoms with Crippen LogP contribution < -0.4 is 11.5 Å². The van der Waals surface area contributed by atoms with Crippen LogP contribution in [0.5, 0.6) is 0 Å². The summed E-state index contributed by atoms with van der Waals surface area (Å²) in [6.45, 7) is -0.249. The molecule has 0 aliphatic carbocycles. The largest absolute Gasteiger partial charge is 0.477 e. The van der Waals surface area contributed by atoms with Crippen molar-refractivity contribution in [2.24, 2.45) is 5.73 Å². The second-order valence-corrected chi connectivity index (χ2v) is 2.76. The molecule has 1 heterocycles. The molecule has 0 saturated carbocycles. The normalized spacial score (nSPS) is 10.7. The highest BCUT2D eigenvalue weighted by atomic mass is 19.3. The van der Waals surface area contributed by atoms with Crippen molar-refractivity contribution in [2.75, 3.05) is 5.73 Å². The first-order valence-electron chi connectivity index (χ1n) is 3.97. The lowest BCUT2D eigenvalue weighted by atomic mass is 10.1. The molecule has 15 heavy (non-hydrogen) atoms. The van der Waals surface area contributed by atoms with Gasteiger partial charge in [-0.3, -0.25) is 0 Å². The van der Waals surface area contributed by atoms with Crippen LogP contribution in [0.15, 0.2) is 6.20 Å². The zero-order valence-corrected chi connectivity index (χ0v) is 7.58. The molecule has 7 heteroatoms. The fraction of sp³-hybridized carbons (Fsp3) is 0.250. The van der Waals surface area contributed by atoms with Crippen LogP contribution in [0.1, 0.15) is 28.0 Å². The zero-order valence-electron chi connectivity index (χ0n) is 7.58. The minimum Gasteiger partial charge on any atom is -0.477 e. The molecular formula is C8H9F2N3O2. The summed E-state index contributed by atoms with van der Waals surface area (Å²) in [6.07, 6.45) is -2.05. The summed E-state index contributed by atoms with van der Waals surface area (Å²) >= 11 is 0. The first-order chi connectivity index (χ1) is 6.99. The van der Waals surface area contributed by atoms with Gasteiger partial charge in [0, 0.05) is 24.0 Å². The fourth-order valence-corrected chi connectivity index (χ4v) is 1.15. The molecule has 1 rings (SSSR count). The Morgan fingerprint density at radius 1 is 1.60 bits per heavy atom. The number of nitrogens with zero attached hydrogens (tertiary/aromatic N) is 1. The smallest absolute Gasteiger partial charge is 0.354 e. The highest BCUT2D eigenvalue weighted by Gasteiger charge is 2.20. The van der Waals surface area contributed by atoms with E-state index in [-0.39, 0.29) is 23.5 Å². The van der Waals surface area contributed by atoms with Crippen LogP contribution in [-0.4, -0.2) is 16.1 Å². The highest BCUT2D eigenvalue weighted by molar-refractivity contribution is 5.89. The number of nitrogens with two attached hydrogens (primary N) is 2. The van der Waals surface area contributed by atoms with Gasteiger partial charge in [-0.15, -0.1) is 0 Å². The third-order valence-electron chi connectivity index (χ3n) is 1.90. The molecule has 0 spiro atoms. The van der Waals surface area contributed by atoms with Crippen LogP contribution in [0.25, 0.3) is 0 Å². The molecule has 0 unspecified atom stereocenters. The third kappa shape index (κ3) is 2.01. The van der Waals surface area contributed by atoms with E-state index < -0.39 is 18.0 Å². The predicted octanol–water partition coefficient (Wildman–Crippen LogP) is 0.758. The molecule has 0 aliphatic heterocycles. The Bertz CT molecular complexity index is 396. The lowest BCUT2D eigenvalue weighted by Crippen LogP contribution is -2.14. The van der Waals surface area contributed by atoms with Gasteiger partial charge in [0.15, 0.2) is 5.69 Å². The molecule has 0 bridgehead atoms. The van der Waals surface area contributed by atoms with E-state index in [9.17, 15) is 13.6 Å². The van der Waals surface area contributed by atoms with E-state index in [4.69, 9.17) is 16.6 Å². The van der Waals surface area contributed by atoms with E-state index in [1.165, 1.54) is 0 Å². The number of carboxylic acid groups (broad SMARTS) is 1. The molecule has 1 aromatic rings. The van der Waals surface area contributed by atoms with E-state index in [0.29, 0.717) is 0 Å². The lowest BCUT2D eigenvalue weighted by Gasteiger charge is -2.10. The van der Waals surface area contributed by atoms with Gasteiger partial charge in [-0.25, -0.2) is 18.6 Å². The standard InChI is InChI=1S/C8H9F2N3O2/c9-7(10)4-2-13-6(8(14)15)3(1-11)5(4)12/h2,7H,1,11H2,(H2,12,13)(H,14,15). The molecule has 1 aromatic heterocycles. The average Bonchev–Trinajstić information content (AvgIpc) is 2.16. The van der Waals surface area contributed by atoms with Crippen LogP contribution in [0.4, 0.5) is 14.5 Å². The maximum atomic E-state index is 12.4. The van der Waals surface area contributed by atoms with Gasteiger partial charge in [-0.05, 0) is 0 Å². The second-order valence-electron chi connectivity index (χ2n) is 2.76. The van der Waals surface area contributed by atoms with Gasteiger partial charge in [-0.2, -0.15) is 0 Å². The van der Waals surface area contributed by atoms with Crippen molar-refractivity contribution in [3.8, 4) is 0 Å². The van der Waals surface area contributed by atoms with Gasteiger partial charge < -0.3 is 16.6 Å². The Labute approximate surface area is 83.7 Å². The number of nitrogen functional groups attached to an aromatic ring is 1. The number of anilines is 1. The van der Waals surface area contributed by atoms with Gasteiger partial charge in [0.1, 0.15) is 0 Å². The van der Waals surface area contributed by atoms with Crippen LogP contribution in [-0.2, 0) is 6.54 Å². The molecule has 0 atom stereocenters. The Kier molecular flexibility index (Phi) is 3.15. The Balaban J connectivity index is 3.39. The number of pyridine rings is 1. The number of hydrogen-bond acceptors (Lipinski definition) is 4. The van der Waals surface area contributed by atoms with E-state index in [0.717, 1.165) is 6.20 Å². The molecule has 5 N–H and O–H groups in total. The van der Waals surface area contributed by atoms with E-state index in [1.54, 1.807) is 0 Å². The van der Waals surface area contributed by atoms with Gasteiger partial charge in [0.25, 0.3) is 6.43 Å². The zero-order chi connectivity index (χ0) is 11.6. The summed E-state index contributed by atoms with van der Waals surface area (Å²) in [5.41, 5.74) is 9.34. The van der Waals surface area contributed by atoms with E-state index in [1.807, 2.05) is 0 Å². The maximum Gasteiger partial charge on any atom is 0.354 e. The van der Waals surface area contributed by atoms with Crippen molar-refractivity contribution < 1.29 is 18.7 Å². The molecule has 0 fully saturated rings. The molecule has 0 aromatic carbocycles. The molecule has 0 saturated heterocycles. The molecule has 0 radical (unpaired) electrons. The molecule has 0 amide bonds. The van der Waals surface area contributed by atoms with E-state index >= 15 is 0 Å². The molecule has 82 valence electrons. The molecule has 5 nitrogen and oxygen atoms in total. The summed E-state index contributed by atoms with van der Waals surface area (Å²) in [4.78, 5) is 14.0. The Hall–Kier alpha value is -1.76. The van der Waals surface area contributed by atoms with Crippen LogP contribution in [0, 0.1) is 0 Å². The first-order valence-corrected chi connectivity index (χ1v) is 3.97. The minimum absolute atomic E-state index is 0.0692. The van der Waals surface area contributed by atoms with Gasteiger partial charge in [-0.1, -0.05) is 0 Å². The van der Waals surface area contributed by atoms with Crippen molar-refractivity contribution in [3.63, 3.8) is 0 Å². The summed E-state index contributed by atoms with van der Waals surface area (Å²) in [7, 11) is 0. The summed E-state index contributed by atoms with van der Waals surface area (Å²) in [6, 6.07) is 0. The summed E-state index contributed by atoms with van der Waals surface area (Å²) < 4.78 is 24.7. The number of carbonyl (C=O) groups is 1. The average molecular weight is 217 g/mol. The van der Waals surface area contributed by atoms with Gasteiger partial charge in [0.2, 0.25) is 0 Å². The number of halogens is 2. The lowest BCUT2D eigenvalue weighted by molar-refractivity contribution is 0.0688. The SMILES string of the molecule is NCc1c(C(=O)O)ncc(C(F)F)c1N. The van der Waals surface area contributed by atoms with Gasteiger partial charge in [0.05, 0.1) is 5.56 Å². The number of aromatic carboxylic acids is 1. The first kappa shape index (κ1) is 11.3. The topological polar surface area (TPSA) is 102 Å². The number of alkyl halides is 2. The van der Waals surface area contributed by atoms with Crippen LogP contribution in [0.2, 0.25) is 0 Å². The maximum absolute atomic E-state index is 12.4. The molecular weight excluding hydrogens is 208 g/mol. The monoisotopic (exact) mass is 217 g/mol. The van der Waals surface area contributed by atoms with Crippen LogP contribution >= 0.6 is 0 Å². The number of rotatable bonds is 3. The van der Waals surface area contributed by atoms with Crippen molar-refractivity contribution in [2.45, 2.75) is 13.0 Å². The van der Waals surface area contributed by atoms with Gasteiger partial charge >= 0.3 is 5.97 Å². The number of carboxylic acids is 1. The fourth-order valence-electron chi connectivity index (χ4n) is 1.15. The number of hydrogen-bond donors (Lipinski definition) is 3. The van der Waals surface area contributed by atoms with Crippen molar-refractivity contribution >= 4 is 11.7 Å². The number of aromatic nitrogens is 1. The molecule has 0 aliphatic rings. The predicted molar refractivity (Wildman–Crippen MR) is 48.5 cm³/mol. The minimum atomic E-state index is -2.80. The Morgan fingerprint density at radius 3 is 2.60 bits per heavy atom. The summed E-state index contributed by atoms with van der Waals surface area (Å²) in [5, 5.41) is 8.69. The van der Waals surface area contributed by atoms with E-state index in [2.05, 4.69) is 4.98 Å². The third-order valence-corrected chi connectivity index (χ3v) is 1.90. The quantitative estimate of drug-likeness (QED) is 0.693. The highest BCUT2D eigenvalue weighted by Crippen LogP contribution is 2.28.